The summed E-state index contributed by atoms with van der Waals surface area (Å²) in [5, 5.41) is 4.38. The molecular weight excluding hydrogens is 354 g/mol. The number of hydrogen-bond acceptors (Lipinski definition) is 6. The molecule has 0 amide bonds. The second-order valence-corrected chi connectivity index (χ2v) is 8.01. The molecule has 0 bridgehead atoms. The molecule has 3 rings (SSSR count). The molecule has 1 N–H and O–H groups in total. The van der Waals surface area contributed by atoms with Crippen molar-refractivity contribution in [1.82, 2.24) is 9.97 Å². The Morgan fingerprint density at radius 2 is 1.85 bits per heavy atom. The van der Waals surface area contributed by atoms with E-state index in [1.165, 1.54) is 10.4 Å². The van der Waals surface area contributed by atoms with Gasteiger partial charge in [0, 0.05) is 27.2 Å². The van der Waals surface area contributed by atoms with E-state index in [1.54, 1.807) is 11.3 Å². The number of pyridine rings is 1. The van der Waals surface area contributed by atoms with Gasteiger partial charge in [-0.15, -0.1) is 0 Å². The van der Waals surface area contributed by atoms with E-state index in [1.807, 2.05) is 25.2 Å². The zero-order valence-electron chi connectivity index (χ0n) is 16.9. The normalized spacial score (nSPS) is 11.0. The van der Waals surface area contributed by atoms with E-state index >= 15 is 0 Å². The van der Waals surface area contributed by atoms with Crippen molar-refractivity contribution in [1.29, 1.82) is 0 Å². The maximum Gasteiger partial charge on any atom is 0.188 e. The zero-order valence-corrected chi connectivity index (χ0v) is 17.7. The van der Waals surface area contributed by atoms with E-state index in [0.29, 0.717) is 0 Å². The highest BCUT2D eigenvalue weighted by Crippen LogP contribution is 2.36. The Hall–Kier alpha value is -2.34. The van der Waals surface area contributed by atoms with Crippen LogP contribution in [0, 0.1) is 6.92 Å². The van der Waals surface area contributed by atoms with Crippen LogP contribution in [-0.4, -0.2) is 37.2 Å². The van der Waals surface area contributed by atoms with Gasteiger partial charge in [0.1, 0.15) is 5.82 Å². The van der Waals surface area contributed by atoms with Crippen molar-refractivity contribution in [3.05, 3.63) is 36.0 Å². The molecule has 0 radical (unpaired) electrons. The summed E-state index contributed by atoms with van der Waals surface area (Å²) in [6, 6.07) is 8.51. The van der Waals surface area contributed by atoms with Gasteiger partial charge in [-0.2, -0.15) is 0 Å². The number of fused-ring (bicyclic) bond motifs is 1. The molecule has 144 valence electrons. The predicted molar refractivity (Wildman–Crippen MR) is 119 cm³/mol. The maximum absolute atomic E-state index is 4.81. The highest BCUT2D eigenvalue weighted by molar-refractivity contribution is 7.22. The summed E-state index contributed by atoms with van der Waals surface area (Å²) in [6.45, 7) is 8.70. The van der Waals surface area contributed by atoms with Crippen LogP contribution in [0.1, 0.15) is 32.3 Å². The Labute approximate surface area is 166 Å². The number of anilines is 4. The summed E-state index contributed by atoms with van der Waals surface area (Å²) in [5.74, 6) is 0.958. The fraction of sp³-hybridized carbons (Fsp3) is 0.429. The first-order valence-corrected chi connectivity index (χ1v) is 10.4. The lowest BCUT2D eigenvalue weighted by Gasteiger charge is -2.24. The first-order chi connectivity index (χ1) is 13.0. The Morgan fingerprint density at radius 3 is 2.48 bits per heavy atom. The van der Waals surface area contributed by atoms with Crippen molar-refractivity contribution in [3.8, 4) is 0 Å². The summed E-state index contributed by atoms with van der Waals surface area (Å²) in [7, 11) is 4.00. The molecule has 27 heavy (non-hydrogen) atoms. The molecule has 0 spiro atoms. The molecule has 0 aliphatic carbocycles. The molecule has 2 aromatic heterocycles. The molecule has 1 aromatic carbocycles. The van der Waals surface area contributed by atoms with Crippen molar-refractivity contribution >= 4 is 43.9 Å². The monoisotopic (exact) mass is 383 g/mol. The maximum atomic E-state index is 4.81. The van der Waals surface area contributed by atoms with Crippen LogP contribution in [0.4, 0.5) is 22.3 Å². The van der Waals surface area contributed by atoms with Gasteiger partial charge >= 0.3 is 0 Å². The second-order valence-electron chi connectivity index (χ2n) is 7.01. The molecule has 0 atom stereocenters. The lowest BCUT2D eigenvalue weighted by molar-refractivity contribution is 0.748. The minimum Gasteiger partial charge on any atom is -0.370 e. The standard InChI is InChI=1S/C21H29N5S/c1-6-11-26(12-7-2)18-10-8-9-16-20(18)27-21(23-16)24-17-14-22-19(25(4)5)13-15(17)3/h8-10,13-14H,6-7,11-12H2,1-5H3,(H,23,24). The summed E-state index contributed by atoms with van der Waals surface area (Å²) < 4.78 is 1.25. The Morgan fingerprint density at radius 1 is 1.11 bits per heavy atom. The van der Waals surface area contributed by atoms with Crippen LogP contribution in [0.3, 0.4) is 0 Å². The number of rotatable bonds is 8. The molecule has 5 nitrogen and oxygen atoms in total. The minimum atomic E-state index is 0.910. The lowest BCUT2D eigenvalue weighted by Crippen LogP contribution is -2.24. The molecule has 0 saturated carbocycles. The highest BCUT2D eigenvalue weighted by Gasteiger charge is 2.14. The van der Waals surface area contributed by atoms with Crippen LogP contribution in [0.2, 0.25) is 0 Å². The summed E-state index contributed by atoms with van der Waals surface area (Å²) in [5.41, 5.74) is 4.50. The van der Waals surface area contributed by atoms with E-state index in [4.69, 9.17) is 4.98 Å². The number of aromatic nitrogens is 2. The van der Waals surface area contributed by atoms with E-state index in [0.717, 1.165) is 53.6 Å². The van der Waals surface area contributed by atoms with Gasteiger partial charge in [-0.3, -0.25) is 0 Å². The van der Waals surface area contributed by atoms with Gasteiger partial charge in [0.25, 0.3) is 0 Å². The number of hydrogen-bond donors (Lipinski definition) is 1. The number of aryl methyl sites for hydroxylation is 1. The Kier molecular flexibility index (Phi) is 6.16. The van der Waals surface area contributed by atoms with Gasteiger partial charge < -0.3 is 15.1 Å². The second kappa shape index (κ2) is 8.57. The van der Waals surface area contributed by atoms with Gasteiger partial charge in [0.2, 0.25) is 0 Å². The van der Waals surface area contributed by atoms with Gasteiger partial charge in [0.05, 0.1) is 27.8 Å². The fourth-order valence-electron chi connectivity index (χ4n) is 3.16. The number of nitrogens with zero attached hydrogens (tertiary/aromatic N) is 4. The highest BCUT2D eigenvalue weighted by atomic mass is 32.1. The predicted octanol–water partition coefficient (Wildman–Crippen LogP) is 5.44. The van der Waals surface area contributed by atoms with Crippen molar-refractivity contribution in [2.75, 3.05) is 42.3 Å². The lowest BCUT2D eigenvalue weighted by atomic mass is 10.2. The molecule has 0 saturated heterocycles. The Bertz CT molecular complexity index is 897. The van der Waals surface area contributed by atoms with Crippen LogP contribution < -0.4 is 15.1 Å². The van der Waals surface area contributed by atoms with Gasteiger partial charge in [-0.1, -0.05) is 31.3 Å². The van der Waals surface area contributed by atoms with Crippen LogP contribution in [0.5, 0.6) is 0 Å². The van der Waals surface area contributed by atoms with Gasteiger partial charge in [-0.05, 0) is 43.5 Å². The molecule has 0 aliphatic heterocycles. The SMILES string of the molecule is CCCN(CCC)c1cccc2nc(Nc3cnc(N(C)C)cc3C)sc12. The molecular formula is C21H29N5S. The number of nitrogens with one attached hydrogen (secondary N) is 1. The zero-order chi connectivity index (χ0) is 19.4. The van der Waals surface area contributed by atoms with Gasteiger partial charge in [-0.25, -0.2) is 9.97 Å². The van der Waals surface area contributed by atoms with E-state index in [-0.39, 0.29) is 0 Å². The fourth-order valence-corrected chi connectivity index (χ4v) is 4.18. The molecule has 0 unspecified atom stereocenters. The molecule has 0 aliphatic rings. The van der Waals surface area contributed by atoms with E-state index in [9.17, 15) is 0 Å². The van der Waals surface area contributed by atoms with E-state index < -0.39 is 0 Å². The largest absolute Gasteiger partial charge is 0.370 e. The van der Waals surface area contributed by atoms with Crippen molar-refractivity contribution < 1.29 is 0 Å². The smallest absolute Gasteiger partial charge is 0.188 e. The molecule has 3 aromatic rings. The van der Waals surface area contributed by atoms with Crippen molar-refractivity contribution in [2.24, 2.45) is 0 Å². The van der Waals surface area contributed by atoms with Crippen LogP contribution in [-0.2, 0) is 0 Å². The third-order valence-electron chi connectivity index (χ3n) is 4.52. The summed E-state index contributed by atoms with van der Waals surface area (Å²) in [6.07, 6.45) is 4.17. The quantitative estimate of drug-likeness (QED) is 0.561. The average Bonchev–Trinajstić information content (AvgIpc) is 3.05. The number of thiazole rings is 1. The third kappa shape index (κ3) is 4.33. The number of benzene rings is 1. The van der Waals surface area contributed by atoms with E-state index in [2.05, 4.69) is 60.2 Å². The molecule has 2 heterocycles. The molecule has 6 heteroatoms. The first kappa shape index (κ1) is 19.4. The van der Waals surface area contributed by atoms with Crippen molar-refractivity contribution in [2.45, 2.75) is 33.6 Å². The Balaban J connectivity index is 1.92. The van der Waals surface area contributed by atoms with Crippen LogP contribution in [0.25, 0.3) is 10.2 Å². The summed E-state index contributed by atoms with van der Waals surface area (Å²) in [4.78, 5) is 13.8. The topological polar surface area (TPSA) is 44.3 Å². The van der Waals surface area contributed by atoms with Crippen molar-refractivity contribution in [3.63, 3.8) is 0 Å². The first-order valence-electron chi connectivity index (χ1n) is 9.59. The van der Waals surface area contributed by atoms with Gasteiger partial charge in [0.15, 0.2) is 5.13 Å². The third-order valence-corrected chi connectivity index (χ3v) is 5.53. The van der Waals surface area contributed by atoms with Crippen LogP contribution >= 0.6 is 11.3 Å². The molecule has 0 fully saturated rings. The minimum absolute atomic E-state index is 0.910. The average molecular weight is 384 g/mol. The van der Waals surface area contributed by atoms with Crippen LogP contribution in [0.15, 0.2) is 30.5 Å². The summed E-state index contributed by atoms with van der Waals surface area (Å²) >= 11 is 1.72.